The minimum Gasteiger partial charge on any atom is -0.462 e. The first kappa shape index (κ1) is 29.5. The summed E-state index contributed by atoms with van der Waals surface area (Å²) in [4.78, 5) is 24.0. The molecule has 228 valence electrons. The van der Waals surface area contributed by atoms with E-state index in [2.05, 4.69) is 48.1 Å². The van der Waals surface area contributed by atoms with Crippen molar-refractivity contribution in [2.45, 2.75) is 131 Å². The van der Waals surface area contributed by atoms with E-state index >= 15 is 0 Å². The van der Waals surface area contributed by atoms with Gasteiger partial charge in [-0.3, -0.25) is 4.79 Å². The Bertz CT molecular complexity index is 1150. The maximum atomic E-state index is 12.0. The quantitative estimate of drug-likeness (QED) is 0.283. The Morgan fingerprint density at radius 3 is 2.32 bits per heavy atom. The van der Waals surface area contributed by atoms with Crippen LogP contribution in [0.25, 0.3) is 0 Å². The van der Waals surface area contributed by atoms with Gasteiger partial charge in [0.15, 0.2) is 0 Å². The Balaban J connectivity index is 1.35. The van der Waals surface area contributed by atoms with Crippen molar-refractivity contribution in [1.82, 2.24) is 0 Å². The molecule has 0 aromatic heterocycles. The lowest BCUT2D eigenvalue weighted by molar-refractivity contribution is -0.257. The smallest absolute Gasteiger partial charge is 0.331 e. The lowest BCUT2D eigenvalue weighted by Crippen LogP contribution is -2.67. The molecule has 0 aromatic rings. The molecule has 0 unspecified atom stereocenters. The summed E-state index contributed by atoms with van der Waals surface area (Å²) in [6.07, 6.45) is 13.1. The second kappa shape index (κ2) is 9.44. The molecule has 6 aliphatic rings. The molecule has 5 heteroatoms. The first-order valence-corrected chi connectivity index (χ1v) is 16.5. The monoisotopic (exact) mass is 566 g/mol. The number of hydrogen-bond acceptors (Lipinski definition) is 5. The van der Waals surface area contributed by atoms with Crippen LogP contribution in [0.15, 0.2) is 24.3 Å². The molecule has 41 heavy (non-hydrogen) atoms. The summed E-state index contributed by atoms with van der Waals surface area (Å²) >= 11 is 0. The van der Waals surface area contributed by atoms with Gasteiger partial charge in [-0.15, -0.1) is 0 Å². The number of allylic oxidation sites excluding steroid dienone is 1. The van der Waals surface area contributed by atoms with Crippen molar-refractivity contribution in [2.24, 2.45) is 56.7 Å². The SMILES string of the molecule is C=C(C)[C@@H]1CC[C@]2([C@H](O)[C@H]3C=CC(=O)O3)CC[C@]3(C)[C@H](CC[C@@H]4[C@@]5(C)CC[C@H](OC(C)=O)C(C)(C)[C@@H]5CC[C@]43C)[C@@H]12. The van der Waals surface area contributed by atoms with E-state index in [-0.39, 0.29) is 45.1 Å². The van der Waals surface area contributed by atoms with Crippen molar-refractivity contribution in [2.75, 3.05) is 0 Å². The molecule has 0 radical (unpaired) electrons. The third kappa shape index (κ3) is 3.88. The molecule has 1 heterocycles. The van der Waals surface area contributed by atoms with Crippen molar-refractivity contribution < 1.29 is 24.2 Å². The molecule has 1 N–H and O–H groups in total. The van der Waals surface area contributed by atoms with Gasteiger partial charge in [0, 0.05) is 23.8 Å². The zero-order valence-electron chi connectivity index (χ0n) is 26.6. The number of carbonyl (C=O) groups excluding carboxylic acids is 2. The molecule has 0 saturated heterocycles. The highest BCUT2D eigenvalue weighted by Crippen LogP contribution is 2.78. The Morgan fingerprint density at radius 2 is 1.68 bits per heavy atom. The van der Waals surface area contributed by atoms with E-state index in [0.29, 0.717) is 29.6 Å². The summed E-state index contributed by atoms with van der Waals surface area (Å²) in [6, 6.07) is 0. The predicted octanol–water partition coefficient (Wildman–Crippen LogP) is 7.42. The Labute approximate surface area is 247 Å². The first-order chi connectivity index (χ1) is 19.1. The van der Waals surface area contributed by atoms with Crippen LogP contribution in [-0.4, -0.2) is 35.4 Å². The van der Waals surface area contributed by atoms with Crippen molar-refractivity contribution >= 4 is 11.9 Å². The molecule has 12 atom stereocenters. The third-order valence-corrected chi connectivity index (χ3v) is 15.0. The van der Waals surface area contributed by atoms with Crippen molar-refractivity contribution in [3.05, 3.63) is 24.3 Å². The second-order valence-corrected chi connectivity index (χ2v) is 16.6. The number of fused-ring (bicyclic) bond motifs is 7. The van der Waals surface area contributed by atoms with Crippen LogP contribution in [0.4, 0.5) is 0 Å². The molecule has 1 aliphatic heterocycles. The molecular formula is C36H54O5. The van der Waals surface area contributed by atoms with Gasteiger partial charge in [-0.1, -0.05) is 46.8 Å². The minimum absolute atomic E-state index is 0.000285. The Kier molecular flexibility index (Phi) is 6.78. The van der Waals surface area contributed by atoms with Gasteiger partial charge in [0.25, 0.3) is 0 Å². The van der Waals surface area contributed by atoms with E-state index in [9.17, 15) is 14.7 Å². The van der Waals surface area contributed by atoms with Crippen LogP contribution in [0.3, 0.4) is 0 Å². The van der Waals surface area contributed by atoms with Crippen LogP contribution in [0.1, 0.15) is 113 Å². The molecule has 5 saturated carbocycles. The predicted molar refractivity (Wildman–Crippen MR) is 160 cm³/mol. The summed E-state index contributed by atoms with van der Waals surface area (Å²) < 4.78 is 11.5. The largest absolute Gasteiger partial charge is 0.462 e. The van der Waals surface area contributed by atoms with Crippen molar-refractivity contribution in [1.29, 1.82) is 0 Å². The van der Waals surface area contributed by atoms with Gasteiger partial charge < -0.3 is 14.6 Å². The number of cyclic esters (lactones) is 1. The number of carbonyl (C=O) groups is 2. The van der Waals surface area contributed by atoms with Crippen LogP contribution in [0, 0.1) is 56.7 Å². The molecule has 0 aromatic carbocycles. The second-order valence-electron chi connectivity index (χ2n) is 16.6. The standard InChI is InChI=1S/C36H54O5/c1-21(2)23-13-18-36(31(39)25-10-12-29(38)41-25)20-19-34(7)24(30(23)36)9-11-27-33(6)16-15-28(40-22(3)37)32(4,5)26(33)14-17-35(27,34)8/h10,12,23-28,30-31,39H,1,9,11,13-20H2,2-8H3/t23-,24+,25+,26-,27+,28-,30+,31+,33-,34+,35+,36-/m0/s1. The molecule has 5 nitrogen and oxygen atoms in total. The highest BCUT2D eigenvalue weighted by molar-refractivity contribution is 5.84. The molecule has 0 bridgehead atoms. The average molecular weight is 567 g/mol. The average Bonchev–Trinajstić information content (AvgIpc) is 3.50. The highest BCUT2D eigenvalue weighted by Gasteiger charge is 2.72. The zero-order valence-corrected chi connectivity index (χ0v) is 26.6. The van der Waals surface area contributed by atoms with Crippen molar-refractivity contribution in [3.63, 3.8) is 0 Å². The van der Waals surface area contributed by atoms with Gasteiger partial charge in [-0.2, -0.15) is 0 Å². The molecule has 5 fully saturated rings. The van der Waals surface area contributed by atoms with Crippen LogP contribution in [0.2, 0.25) is 0 Å². The molecule has 5 aliphatic carbocycles. The number of ether oxygens (including phenoxy) is 2. The van der Waals surface area contributed by atoms with E-state index in [1.165, 1.54) is 37.3 Å². The van der Waals surface area contributed by atoms with Gasteiger partial charge in [0.2, 0.25) is 0 Å². The fourth-order valence-corrected chi connectivity index (χ4v) is 13.0. The van der Waals surface area contributed by atoms with Gasteiger partial charge in [-0.25, -0.2) is 4.79 Å². The normalized spacial score (nSPS) is 50.5. The first-order valence-electron chi connectivity index (χ1n) is 16.5. The number of aliphatic hydroxyl groups is 1. The minimum atomic E-state index is -0.666. The van der Waals surface area contributed by atoms with Crippen LogP contribution >= 0.6 is 0 Å². The summed E-state index contributed by atoms with van der Waals surface area (Å²) in [6.45, 7) is 20.8. The lowest BCUT2D eigenvalue weighted by atomic mass is 9.32. The molecule has 0 spiro atoms. The summed E-state index contributed by atoms with van der Waals surface area (Å²) in [7, 11) is 0. The highest BCUT2D eigenvalue weighted by atomic mass is 16.6. The summed E-state index contributed by atoms with van der Waals surface area (Å²) in [5.74, 6) is 1.97. The number of rotatable bonds is 4. The van der Waals surface area contributed by atoms with E-state index in [1.807, 2.05) is 0 Å². The van der Waals surface area contributed by atoms with E-state index < -0.39 is 12.2 Å². The maximum absolute atomic E-state index is 12.0. The Hall–Kier alpha value is -1.62. The topological polar surface area (TPSA) is 72.8 Å². The third-order valence-electron chi connectivity index (χ3n) is 15.0. The van der Waals surface area contributed by atoms with Gasteiger partial charge in [0.05, 0.1) is 0 Å². The fourth-order valence-electron chi connectivity index (χ4n) is 13.0. The summed E-state index contributed by atoms with van der Waals surface area (Å²) in [5.41, 5.74) is 1.59. The number of aliphatic hydroxyl groups excluding tert-OH is 1. The van der Waals surface area contributed by atoms with E-state index in [0.717, 1.165) is 38.5 Å². The summed E-state index contributed by atoms with van der Waals surface area (Å²) in [5, 5.41) is 12.0. The van der Waals surface area contributed by atoms with Gasteiger partial charge in [-0.05, 0) is 123 Å². The molecule has 0 amide bonds. The van der Waals surface area contributed by atoms with Crippen molar-refractivity contribution in [3.8, 4) is 0 Å². The van der Waals surface area contributed by atoms with Gasteiger partial charge >= 0.3 is 11.9 Å². The molecular weight excluding hydrogens is 512 g/mol. The maximum Gasteiger partial charge on any atom is 0.331 e. The zero-order chi connectivity index (χ0) is 29.8. The Morgan fingerprint density at radius 1 is 0.951 bits per heavy atom. The van der Waals surface area contributed by atoms with Crippen LogP contribution < -0.4 is 0 Å². The van der Waals surface area contributed by atoms with Crippen LogP contribution in [-0.2, 0) is 19.1 Å². The number of esters is 2. The lowest BCUT2D eigenvalue weighted by Gasteiger charge is -2.73. The fraction of sp³-hybridized carbons (Fsp3) is 0.833. The molecule has 6 rings (SSSR count). The van der Waals surface area contributed by atoms with E-state index in [1.54, 1.807) is 13.0 Å². The van der Waals surface area contributed by atoms with E-state index in [4.69, 9.17) is 9.47 Å². The van der Waals surface area contributed by atoms with Gasteiger partial charge in [0.1, 0.15) is 18.3 Å². The number of hydrogen-bond donors (Lipinski definition) is 1. The van der Waals surface area contributed by atoms with Crippen LogP contribution in [0.5, 0.6) is 0 Å².